The van der Waals surface area contributed by atoms with E-state index in [1.54, 1.807) is 6.07 Å². The minimum absolute atomic E-state index is 0.325. The number of aliphatic carboxylic acids is 1. The third kappa shape index (κ3) is 4.12. The summed E-state index contributed by atoms with van der Waals surface area (Å²) in [6.45, 7) is 0.372. The Kier molecular flexibility index (Phi) is 4.30. The molecule has 0 saturated heterocycles. The maximum atomic E-state index is 12.7. The lowest BCUT2D eigenvalue weighted by molar-refractivity contribution is -0.131. The van der Waals surface area contributed by atoms with Gasteiger partial charge in [-0.2, -0.15) is 0 Å². The van der Waals surface area contributed by atoms with Crippen molar-refractivity contribution in [3.63, 3.8) is 0 Å². The highest BCUT2D eigenvalue weighted by Crippen LogP contribution is 2.22. The smallest absolute Gasteiger partial charge is 0.328 e. The van der Waals surface area contributed by atoms with Gasteiger partial charge in [0.2, 0.25) is 0 Å². The van der Waals surface area contributed by atoms with Crippen molar-refractivity contribution in [1.29, 1.82) is 0 Å². The van der Waals surface area contributed by atoms with Gasteiger partial charge in [0.1, 0.15) is 5.82 Å². The van der Waals surface area contributed by atoms with Gasteiger partial charge in [-0.25, -0.2) is 9.18 Å². The van der Waals surface area contributed by atoms with Crippen LogP contribution >= 0.6 is 15.9 Å². The molecule has 0 unspecified atom stereocenters. The molecule has 1 aromatic rings. The van der Waals surface area contributed by atoms with Crippen molar-refractivity contribution in [2.24, 2.45) is 0 Å². The maximum absolute atomic E-state index is 12.7. The third-order valence-corrected chi connectivity index (χ3v) is 2.26. The van der Waals surface area contributed by atoms with Gasteiger partial charge in [0.05, 0.1) is 0 Å². The number of anilines is 1. The van der Waals surface area contributed by atoms with Gasteiger partial charge < -0.3 is 10.4 Å². The normalized spacial score (nSPS) is 10.5. The Labute approximate surface area is 94.7 Å². The van der Waals surface area contributed by atoms with Crippen LogP contribution in [-0.4, -0.2) is 17.6 Å². The molecule has 0 spiro atoms. The van der Waals surface area contributed by atoms with Gasteiger partial charge in [0.15, 0.2) is 0 Å². The summed E-state index contributed by atoms with van der Waals surface area (Å²) in [5.41, 5.74) is 0.714. The minimum atomic E-state index is -0.991. The van der Waals surface area contributed by atoms with Crippen molar-refractivity contribution in [3.05, 3.63) is 40.6 Å². The van der Waals surface area contributed by atoms with Crippen LogP contribution in [0.5, 0.6) is 0 Å². The second-order valence-corrected chi connectivity index (χ2v) is 3.60. The van der Waals surface area contributed by atoms with E-state index in [4.69, 9.17) is 5.11 Å². The van der Waals surface area contributed by atoms with E-state index in [-0.39, 0.29) is 5.82 Å². The van der Waals surface area contributed by atoms with Gasteiger partial charge in [-0.3, -0.25) is 0 Å². The molecule has 3 nitrogen and oxygen atoms in total. The Morgan fingerprint density at radius 2 is 2.33 bits per heavy atom. The standard InChI is InChI=1S/C10H9BrFNO2/c11-8-6-7(12)3-4-9(8)13-5-1-2-10(14)15/h1-4,6,13H,5H2,(H,14,15)/b2-1+. The van der Waals surface area contributed by atoms with E-state index in [0.29, 0.717) is 16.7 Å². The van der Waals surface area contributed by atoms with Crippen LogP contribution in [0.25, 0.3) is 0 Å². The van der Waals surface area contributed by atoms with Gasteiger partial charge in [-0.15, -0.1) is 0 Å². The second kappa shape index (κ2) is 5.50. The fourth-order valence-electron chi connectivity index (χ4n) is 0.961. The summed E-state index contributed by atoms with van der Waals surface area (Å²) in [7, 11) is 0. The molecule has 0 aliphatic heterocycles. The summed E-state index contributed by atoms with van der Waals surface area (Å²) in [5, 5.41) is 11.3. The molecule has 0 bridgehead atoms. The van der Waals surface area contributed by atoms with Crippen LogP contribution in [-0.2, 0) is 4.79 Å². The van der Waals surface area contributed by atoms with Crippen LogP contribution in [0, 0.1) is 5.82 Å². The first-order valence-electron chi connectivity index (χ1n) is 4.18. The molecule has 80 valence electrons. The first kappa shape index (κ1) is 11.7. The third-order valence-electron chi connectivity index (χ3n) is 1.60. The van der Waals surface area contributed by atoms with Crippen molar-refractivity contribution >= 4 is 27.6 Å². The molecule has 15 heavy (non-hydrogen) atoms. The molecular weight excluding hydrogens is 265 g/mol. The summed E-state index contributed by atoms with van der Waals surface area (Å²) in [4.78, 5) is 10.1. The molecule has 0 saturated carbocycles. The van der Waals surface area contributed by atoms with Crippen molar-refractivity contribution in [3.8, 4) is 0 Å². The fraction of sp³-hybridized carbons (Fsp3) is 0.100. The largest absolute Gasteiger partial charge is 0.478 e. The number of benzene rings is 1. The van der Waals surface area contributed by atoms with Gasteiger partial charge in [0.25, 0.3) is 0 Å². The van der Waals surface area contributed by atoms with Gasteiger partial charge in [-0.1, -0.05) is 6.08 Å². The number of carboxylic acid groups (broad SMARTS) is 1. The highest BCUT2D eigenvalue weighted by molar-refractivity contribution is 9.10. The lowest BCUT2D eigenvalue weighted by atomic mass is 10.3. The van der Waals surface area contributed by atoms with Crippen LogP contribution in [0.15, 0.2) is 34.8 Å². The Morgan fingerprint density at radius 1 is 1.60 bits per heavy atom. The number of rotatable bonds is 4. The molecule has 0 atom stereocenters. The zero-order valence-corrected chi connectivity index (χ0v) is 9.29. The van der Waals surface area contributed by atoms with Gasteiger partial charge in [-0.05, 0) is 34.1 Å². The Balaban J connectivity index is 2.54. The van der Waals surface area contributed by atoms with Crippen LogP contribution in [0.1, 0.15) is 0 Å². The van der Waals surface area contributed by atoms with Gasteiger partial charge in [0, 0.05) is 22.8 Å². The quantitative estimate of drug-likeness (QED) is 0.830. The molecule has 2 N–H and O–H groups in total. The summed E-state index contributed by atoms with van der Waals surface area (Å²) in [6.07, 6.45) is 2.52. The monoisotopic (exact) mass is 273 g/mol. The zero-order valence-electron chi connectivity index (χ0n) is 7.71. The molecule has 0 fully saturated rings. The summed E-state index contributed by atoms with van der Waals surface area (Å²) in [6, 6.07) is 4.24. The summed E-state index contributed by atoms with van der Waals surface area (Å²) < 4.78 is 13.3. The molecule has 1 aromatic carbocycles. The molecule has 0 heterocycles. The minimum Gasteiger partial charge on any atom is -0.478 e. The predicted molar refractivity (Wildman–Crippen MR) is 59.4 cm³/mol. The Hall–Kier alpha value is -1.36. The summed E-state index contributed by atoms with van der Waals surface area (Å²) >= 11 is 3.19. The highest BCUT2D eigenvalue weighted by Gasteiger charge is 1.99. The van der Waals surface area contributed by atoms with E-state index in [0.717, 1.165) is 6.08 Å². The highest BCUT2D eigenvalue weighted by atomic mass is 79.9. The first-order chi connectivity index (χ1) is 7.09. The summed E-state index contributed by atoms with van der Waals surface area (Å²) in [5.74, 6) is -1.32. The van der Waals surface area contributed by atoms with Crippen molar-refractivity contribution in [2.45, 2.75) is 0 Å². The van der Waals surface area contributed by atoms with E-state index < -0.39 is 5.97 Å². The first-order valence-corrected chi connectivity index (χ1v) is 4.97. The Bertz CT molecular complexity index is 393. The van der Waals surface area contributed by atoms with E-state index in [2.05, 4.69) is 21.2 Å². The zero-order chi connectivity index (χ0) is 11.3. The number of hydrogen-bond donors (Lipinski definition) is 2. The fourth-order valence-corrected chi connectivity index (χ4v) is 1.45. The topological polar surface area (TPSA) is 49.3 Å². The van der Waals surface area contributed by atoms with Crippen molar-refractivity contribution < 1.29 is 14.3 Å². The molecule has 0 radical (unpaired) electrons. The number of carbonyl (C=O) groups is 1. The SMILES string of the molecule is O=C(O)/C=C/CNc1ccc(F)cc1Br. The molecule has 0 amide bonds. The van der Waals surface area contributed by atoms with E-state index >= 15 is 0 Å². The Morgan fingerprint density at radius 3 is 2.93 bits per heavy atom. The van der Waals surface area contributed by atoms with E-state index in [1.165, 1.54) is 18.2 Å². The van der Waals surface area contributed by atoms with Gasteiger partial charge >= 0.3 is 5.97 Å². The lowest BCUT2D eigenvalue weighted by Gasteiger charge is -2.05. The van der Waals surface area contributed by atoms with Crippen LogP contribution < -0.4 is 5.32 Å². The molecule has 0 aliphatic carbocycles. The van der Waals surface area contributed by atoms with Crippen molar-refractivity contribution in [2.75, 3.05) is 11.9 Å². The molecule has 0 aliphatic rings. The number of carboxylic acids is 1. The van der Waals surface area contributed by atoms with Crippen LogP contribution in [0.4, 0.5) is 10.1 Å². The number of nitrogens with one attached hydrogen (secondary N) is 1. The second-order valence-electron chi connectivity index (χ2n) is 2.75. The molecule has 5 heteroatoms. The van der Waals surface area contributed by atoms with E-state index in [1.807, 2.05) is 0 Å². The number of halogens is 2. The predicted octanol–water partition coefficient (Wildman–Crippen LogP) is 2.64. The lowest BCUT2D eigenvalue weighted by Crippen LogP contribution is -2.00. The maximum Gasteiger partial charge on any atom is 0.328 e. The van der Waals surface area contributed by atoms with Crippen LogP contribution in [0.3, 0.4) is 0 Å². The molecule has 0 aromatic heterocycles. The molecular formula is C10H9BrFNO2. The van der Waals surface area contributed by atoms with E-state index in [9.17, 15) is 9.18 Å². The number of hydrogen-bond acceptors (Lipinski definition) is 2. The average molecular weight is 274 g/mol. The molecule has 1 rings (SSSR count). The van der Waals surface area contributed by atoms with Crippen molar-refractivity contribution in [1.82, 2.24) is 0 Å². The van der Waals surface area contributed by atoms with Crippen LogP contribution in [0.2, 0.25) is 0 Å². The average Bonchev–Trinajstić information content (AvgIpc) is 2.14.